The van der Waals surface area contributed by atoms with E-state index in [-0.39, 0.29) is 18.9 Å². The standard InChI is InChI=1S/C27H30N2O5/c1-4-6-8-10-25-28-23(19(3)34-25)14-15-33-22-13-12-20-17-24(27(31)32)29(18-21(20)16-22)26(30)11-9-7-5-2/h4-13,16,24H,14-15,17-18H2,1-3H3,(H,31,32)/b6-4+,7-5+,10-8+,11-9+/t24-/m0/s1. The fraction of sp³-hybridized carbons (Fsp3) is 0.296. The number of allylic oxidation sites excluding steroid dienone is 6. The van der Waals surface area contributed by atoms with Crippen LogP contribution in [0.2, 0.25) is 0 Å². The number of aliphatic carboxylic acids is 1. The van der Waals surface area contributed by atoms with Crippen molar-refractivity contribution in [3.63, 3.8) is 0 Å². The van der Waals surface area contributed by atoms with Crippen molar-refractivity contribution in [3.8, 4) is 5.75 Å². The predicted molar refractivity (Wildman–Crippen MR) is 130 cm³/mol. The summed E-state index contributed by atoms with van der Waals surface area (Å²) < 4.78 is 11.6. The number of fused-ring (bicyclic) bond motifs is 1. The highest BCUT2D eigenvalue weighted by Gasteiger charge is 2.33. The molecule has 1 N–H and O–H groups in total. The Hall–Kier alpha value is -3.87. The van der Waals surface area contributed by atoms with Crippen LogP contribution in [0.4, 0.5) is 0 Å². The molecule has 0 bridgehead atoms. The van der Waals surface area contributed by atoms with Gasteiger partial charge in [-0.05, 0) is 44.0 Å². The van der Waals surface area contributed by atoms with Crippen LogP contribution in [-0.2, 0) is 29.0 Å². The second-order valence-corrected chi connectivity index (χ2v) is 7.88. The maximum absolute atomic E-state index is 12.6. The van der Waals surface area contributed by atoms with Crippen LogP contribution in [0.15, 0.2) is 65.1 Å². The first-order chi connectivity index (χ1) is 16.4. The van der Waals surface area contributed by atoms with Crippen molar-refractivity contribution in [1.29, 1.82) is 0 Å². The van der Waals surface area contributed by atoms with Crippen molar-refractivity contribution in [3.05, 3.63) is 89.2 Å². The molecule has 178 valence electrons. The summed E-state index contributed by atoms with van der Waals surface area (Å²) in [5.74, 6) is 0.637. The van der Waals surface area contributed by atoms with Gasteiger partial charge in [0.1, 0.15) is 17.6 Å². The lowest BCUT2D eigenvalue weighted by Crippen LogP contribution is -2.48. The third-order valence-corrected chi connectivity index (χ3v) is 5.48. The van der Waals surface area contributed by atoms with Gasteiger partial charge in [0.25, 0.3) is 0 Å². The minimum atomic E-state index is -1.01. The number of hydrogen-bond donors (Lipinski definition) is 1. The summed E-state index contributed by atoms with van der Waals surface area (Å²) in [7, 11) is 0. The molecular formula is C27H30N2O5. The average Bonchev–Trinajstić information content (AvgIpc) is 3.17. The van der Waals surface area contributed by atoms with Gasteiger partial charge in [0, 0.05) is 31.5 Å². The van der Waals surface area contributed by atoms with Gasteiger partial charge in [-0.2, -0.15) is 0 Å². The van der Waals surface area contributed by atoms with Gasteiger partial charge in [-0.3, -0.25) is 4.79 Å². The summed E-state index contributed by atoms with van der Waals surface area (Å²) in [4.78, 5) is 30.3. The molecule has 0 spiro atoms. The number of aromatic nitrogens is 1. The number of carboxylic acids is 1. The van der Waals surface area contributed by atoms with Crippen molar-refractivity contribution in [1.82, 2.24) is 9.88 Å². The number of carbonyl (C=O) groups is 2. The molecule has 0 unspecified atom stereocenters. The van der Waals surface area contributed by atoms with E-state index in [2.05, 4.69) is 4.98 Å². The van der Waals surface area contributed by atoms with E-state index in [1.54, 1.807) is 18.2 Å². The molecular weight excluding hydrogens is 432 g/mol. The molecule has 0 saturated heterocycles. The van der Waals surface area contributed by atoms with E-state index < -0.39 is 12.0 Å². The molecule has 3 rings (SSSR count). The Morgan fingerprint density at radius 2 is 1.94 bits per heavy atom. The van der Waals surface area contributed by atoms with Crippen LogP contribution >= 0.6 is 0 Å². The van der Waals surface area contributed by atoms with Crippen LogP contribution in [0.5, 0.6) is 5.75 Å². The topological polar surface area (TPSA) is 92.9 Å². The average molecular weight is 463 g/mol. The number of nitrogens with zero attached hydrogens (tertiary/aromatic N) is 2. The zero-order valence-electron chi connectivity index (χ0n) is 19.7. The van der Waals surface area contributed by atoms with Gasteiger partial charge in [0.05, 0.1) is 12.3 Å². The van der Waals surface area contributed by atoms with Crippen LogP contribution in [0.25, 0.3) is 6.08 Å². The highest BCUT2D eigenvalue weighted by atomic mass is 16.5. The van der Waals surface area contributed by atoms with Crippen molar-refractivity contribution in [2.75, 3.05) is 6.61 Å². The summed E-state index contributed by atoms with van der Waals surface area (Å²) in [6.45, 7) is 6.29. The van der Waals surface area contributed by atoms with E-state index in [9.17, 15) is 14.7 Å². The number of carbonyl (C=O) groups excluding carboxylic acids is 1. The number of ether oxygens (including phenoxy) is 1. The third kappa shape index (κ3) is 6.34. The van der Waals surface area contributed by atoms with Crippen LogP contribution < -0.4 is 4.74 Å². The van der Waals surface area contributed by atoms with Crippen molar-refractivity contribution < 1.29 is 23.8 Å². The van der Waals surface area contributed by atoms with E-state index >= 15 is 0 Å². The van der Waals surface area contributed by atoms with Crippen LogP contribution in [0.1, 0.15) is 42.3 Å². The molecule has 0 radical (unpaired) electrons. The van der Waals surface area contributed by atoms with Gasteiger partial charge in [-0.1, -0.05) is 42.5 Å². The maximum atomic E-state index is 12.6. The number of amides is 1. The molecule has 0 aliphatic carbocycles. The van der Waals surface area contributed by atoms with E-state index in [0.717, 1.165) is 22.6 Å². The smallest absolute Gasteiger partial charge is 0.326 e. The first-order valence-corrected chi connectivity index (χ1v) is 11.3. The Balaban J connectivity index is 1.67. The Labute approximate surface area is 199 Å². The number of oxazole rings is 1. The van der Waals surface area contributed by atoms with Gasteiger partial charge in [0.15, 0.2) is 0 Å². The zero-order chi connectivity index (χ0) is 24.5. The van der Waals surface area contributed by atoms with Crippen molar-refractivity contribution in [2.24, 2.45) is 0 Å². The van der Waals surface area contributed by atoms with Crippen LogP contribution in [-0.4, -0.2) is 39.5 Å². The molecule has 7 nitrogen and oxygen atoms in total. The molecule has 1 aromatic heterocycles. The highest BCUT2D eigenvalue weighted by molar-refractivity contribution is 5.92. The fourth-order valence-corrected chi connectivity index (χ4v) is 3.72. The molecule has 34 heavy (non-hydrogen) atoms. The minimum Gasteiger partial charge on any atom is -0.493 e. The quantitative estimate of drug-likeness (QED) is 0.430. The first-order valence-electron chi connectivity index (χ1n) is 11.3. The minimum absolute atomic E-state index is 0.215. The Morgan fingerprint density at radius 3 is 2.68 bits per heavy atom. The molecule has 1 amide bonds. The summed E-state index contributed by atoms with van der Waals surface area (Å²) in [6.07, 6.45) is 14.9. The Kier molecular flexibility index (Phi) is 8.62. The lowest BCUT2D eigenvalue weighted by atomic mass is 9.93. The number of carboxylic acid groups (broad SMARTS) is 1. The lowest BCUT2D eigenvalue weighted by molar-refractivity contribution is -0.149. The summed E-state index contributed by atoms with van der Waals surface area (Å²) in [5.41, 5.74) is 2.63. The molecule has 1 aliphatic heterocycles. The van der Waals surface area contributed by atoms with Gasteiger partial charge < -0.3 is 19.2 Å². The van der Waals surface area contributed by atoms with E-state index in [1.165, 1.54) is 11.0 Å². The van der Waals surface area contributed by atoms with Gasteiger partial charge >= 0.3 is 5.97 Å². The first kappa shape index (κ1) is 24.8. The van der Waals surface area contributed by atoms with E-state index in [4.69, 9.17) is 9.15 Å². The Morgan fingerprint density at radius 1 is 1.18 bits per heavy atom. The molecule has 1 atom stereocenters. The lowest BCUT2D eigenvalue weighted by Gasteiger charge is -2.34. The molecule has 2 heterocycles. The number of benzene rings is 1. The normalized spacial score (nSPS) is 16.2. The SMILES string of the molecule is C/C=C/C=C/C(=O)N1Cc2cc(OCCc3nc(/C=C/C=C/C)oc3C)ccc2C[C@H]1C(=O)O. The van der Waals surface area contributed by atoms with E-state index in [1.807, 2.05) is 63.3 Å². The summed E-state index contributed by atoms with van der Waals surface area (Å²) >= 11 is 0. The monoisotopic (exact) mass is 462 g/mol. The molecule has 2 aromatic rings. The van der Waals surface area contributed by atoms with E-state index in [0.29, 0.717) is 24.7 Å². The second kappa shape index (κ2) is 11.8. The predicted octanol–water partition coefficient (Wildman–Crippen LogP) is 4.66. The molecule has 0 fully saturated rings. The highest BCUT2D eigenvalue weighted by Crippen LogP contribution is 2.28. The third-order valence-electron chi connectivity index (χ3n) is 5.48. The zero-order valence-corrected chi connectivity index (χ0v) is 19.7. The Bertz CT molecular complexity index is 1140. The van der Waals surface area contributed by atoms with Crippen molar-refractivity contribution >= 4 is 18.0 Å². The number of hydrogen-bond acceptors (Lipinski definition) is 5. The van der Waals surface area contributed by atoms with Gasteiger partial charge in [-0.15, -0.1) is 0 Å². The summed E-state index contributed by atoms with van der Waals surface area (Å²) in [5, 5.41) is 9.64. The summed E-state index contributed by atoms with van der Waals surface area (Å²) in [6, 6.07) is 4.70. The molecule has 1 aromatic carbocycles. The number of aryl methyl sites for hydroxylation is 1. The van der Waals surface area contributed by atoms with Crippen LogP contribution in [0.3, 0.4) is 0 Å². The van der Waals surface area contributed by atoms with Crippen LogP contribution in [0, 0.1) is 6.92 Å². The maximum Gasteiger partial charge on any atom is 0.326 e. The second-order valence-electron chi connectivity index (χ2n) is 7.88. The van der Waals surface area contributed by atoms with Crippen molar-refractivity contribution in [2.45, 2.75) is 46.2 Å². The van der Waals surface area contributed by atoms with Gasteiger partial charge in [0.2, 0.25) is 11.8 Å². The fourth-order valence-electron chi connectivity index (χ4n) is 3.72. The molecule has 0 saturated carbocycles. The number of rotatable bonds is 9. The largest absolute Gasteiger partial charge is 0.493 e. The molecule has 1 aliphatic rings. The molecule has 7 heteroatoms. The van der Waals surface area contributed by atoms with Gasteiger partial charge in [-0.25, -0.2) is 9.78 Å².